The highest BCUT2D eigenvalue weighted by Crippen LogP contribution is 2.38. The zero-order valence-corrected chi connectivity index (χ0v) is 10.8. The molecule has 1 heterocycles. The van der Waals surface area contributed by atoms with Crippen molar-refractivity contribution in [2.75, 3.05) is 13.7 Å². The van der Waals surface area contributed by atoms with Crippen LogP contribution in [0.15, 0.2) is 6.20 Å². The first-order valence-electron chi connectivity index (χ1n) is 5.35. The predicted octanol–water partition coefficient (Wildman–Crippen LogP) is 2.07. The van der Waals surface area contributed by atoms with Gasteiger partial charge in [-0.3, -0.25) is 0 Å². The largest absolute Gasteiger partial charge is 0.573 e. The fourth-order valence-corrected chi connectivity index (χ4v) is 1.36. The van der Waals surface area contributed by atoms with Crippen LogP contribution >= 0.6 is 0 Å². The standard InChI is InChI=1S/C10H9F3N2O6/c1-3-20-9(16)6-5(19-2)4-14-8(15(17)18)7(6)21-10(11,12)13/h4H,3H2,1-2H3. The van der Waals surface area contributed by atoms with Gasteiger partial charge in [0.05, 0.1) is 13.7 Å². The Kier molecular flexibility index (Phi) is 4.89. The van der Waals surface area contributed by atoms with Gasteiger partial charge >= 0.3 is 18.1 Å². The number of rotatable bonds is 5. The van der Waals surface area contributed by atoms with Crippen molar-refractivity contribution in [1.82, 2.24) is 4.98 Å². The van der Waals surface area contributed by atoms with E-state index in [9.17, 15) is 28.1 Å². The number of esters is 1. The minimum atomic E-state index is -5.26. The first-order valence-corrected chi connectivity index (χ1v) is 5.35. The molecule has 116 valence electrons. The van der Waals surface area contributed by atoms with Gasteiger partial charge in [0.25, 0.3) is 0 Å². The maximum atomic E-state index is 12.4. The molecule has 0 radical (unpaired) electrons. The van der Waals surface area contributed by atoms with E-state index in [-0.39, 0.29) is 6.61 Å². The molecular formula is C10H9F3N2O6. The minimum Gasteiger partial charge on any atom is -0.492 e. The van der Waals surface area contributed by atoms with Crippen LogP contribution in [0.25, 0.3) is 0 Å². The third kappa shape index (κ3) is 3.94. The summed E-state index contributed by atoms with van der Waals surface area (Å²) in [6.45, 7) is 1.24. The molecule has 0 aliphatic carbocycles. The number of nitrogens with zero attached hydrogens (tertiary/aromatic N) is 2. The fraction of sp³-hybridized carbons (Fsp3) is 0.400. The van der Waals surface area contributed by atoms with Crippen molar-refractivity contribution < 1.29 is 37.1 Å². The van der Waals surface area contributed by atoms with Crippen LogP contribution < -0.4 is 9.47 Å². The highest BCUT2D eigenvalue weighted by Gasteiger charge is 2.40. The van der Waals surface area contributed by atoms with E-state index in [1.807, 2.05) is 0 Å². The zero-order chi connectivity index (χ0) is 16.2. The van der Waals surface area contributed by atoms with Crippen molar-refractivity contribution in [3.63, 3.8) is 0 Å². The summed E-state index contributed by atoms with van der Waals surface area (Å²) in [7, 11) is 1.04. The molecule has 11 heteroatoms. The number of halogens is 3. The maximum Gasteiger partial charge on any atom is 0.573 e. The molecule has 1 rings (SSSR count). The van der Waals surface area contributed by atoms with Crippen LogP contribution in [0.4, 0.5) is 19.0 Å². The van der Waals surface area contributed by atoms with E-state index in [1.54, 1.807) is 0 Å². The Morgan fingerprint density at radius 1 is 1.48 bits per heavy atom. The number of methoxy groups -OCH3 is 1. The quantitative estimate of drug-likeness (QED) is 0.466. The lowest BCUT2D eigenvalue weighted by atomic mass is 10.2. The van der Waals surface area contributed by atoms with E-state index in [1.165, 1.54) is 6.92 Å². The molecular weight excluding hydrogens is 301 g/mol. The Morgan fingerprint density at radius 2 is 2.10 bits per heavy atom. The second-order valence-electron chi connectivity index (χ2n) is 3.38. The number of alkyl halides is 3. The Balaban J connectivity index is 3.56. The number of carbonyl (C=O) groups excluding carboxylic acids is 1. The molecule has 0 saturated carbocycles. The summed E-state index contributed by atoms with van der Waals surface area (Å²) in [6.07, 6.45) is -4.53. The molecule has 0 aromatic carbocycles. The van der Waals surface area contributed by atoms with Crippen LogP contribution in [0.5, 0.6) is 11.5 Å². The summed E-state index contributed by atoms with van der Waals surface area (Å²) >= 11 is 0. The van der Waals surface area contributed by atoms with Gasteiger partial charge in [-0.15, -0.1) is 13.2 Å². The van der Waals surface area contributed by atoms with Crippen LogP contribution in [0.3, 0.4) is 0 Å². The first-order chi connectivity index (χ1) is 9.71. The summed E-state index contributed by atoms with van der Waals surface area (Å²) < 4.78 is 49.9. The van der Waals surface area contributed by atoms with Gasteiger partial charge in [0, 0.05) is 0 Å². The van der Waals surface area contributed by atoms with E-state index >= 15 is 0 Å². The molecule has 0 aliphatic rings. The van der Waals surface area contributed by atoms with Crippen molar-refractivity contribution >= 4 is 11.8 Å². The van der Waals surface area contributed by atoms with Crippen molar-refractivity contribution in [1.29, 1.82) is 0 Å². The second kappa shape index (κ2) is 6.24. The predicted molar refractivity (Wildman–Crippen MR) is 60.1 cm³/mol. The number of aromatic nitrogens is 1. The lowest BCUT2D eigenvalue weighted by Crippen LogP contribution is -2.21. The van der Waals surface area contributed by atoms with Gasteiger partial charge in [0.1, 0.15) is 0 Å². The molecule has 0 fully saturated rings. The number of nitro groups is 1. The van der Waals surface area contributed by atoms with E-state index in [0.29, 0.717) is 0 Å². The number of hydrogen-bond acceptors (Lipinski definition) is 7. The molecule has 0 aliphatic heterocycles. The zero-order valence-electron chi connectivity index (χ0n) is 10.8. The van der Waals surface area contributed by atoms with E-state index < -0.39 is 40.1 Å². The first kappa shape index (κ1) is 16.5. The fourth-order valence-electron chi connectivity index (χ4n) is 1.36. The monoisotopic (exact) mass is 310 g/mol. The van der Waals surface area contributed by atoms with Crippen molar-refractivity contribution in [2.45, 2.75) is 13.3 Å². The van der Waals surface area contributed by atoms with Gasteiger partial charge in [-0.05, 0) is 16.8 Å². The van der Waals surface area contributed by atoms with Crippen LogP contribution in [0.2, 0.25) is 0 Å². The second-order valence-corrected chi connectivity index (χ2v) is 3.38. The Morgan fingerprint density at radius 3 is 2.52 bits per heavy atom. The molecule has 0 amide bonds. The lowest BCUT2D eigenvalue weighted by molar-refractivity contribution is -0.393. The van der Waals surface area contributed by atoms with Gasteiger partial charge in [-0.25, -0.2) is 4.79 Å². The van der Waals surface area contributed by atoms with Crippen LogP contribution in [0, 0.1) is 10.1 Å². The van der Waals surface area contributed by atoms with Gasteiger partial charge in [0.2, 0.25) is 5.75 Å². The van der Waals surface area contributed by atoms with Gasteiger partial charge in [-0.1, -0.05) is 0 Å². The summed E-state index contributed by atoms with van der Waals surface area (Å²) in [4.78, 5) is 24.4. The van der Waals surface area contributed by atoms with E-state index in [2.05, 4.69) is 19.2 Å². The number of hydrogen-bond donors (Lipinski definition) is 0. The van der Waals surface area contributed by atoms with Crippen molar-refractivity contribution in [3.05, 3.63) is 21.9 Å². The van der Waals surface area contributed by atoms with Crippen molar-refractivity contribution in [3.8, 4) is 11.5 Å². The summed E-state index contributed by atoms with van der Waals surface area (Å²) in [5.74, 6) is -4.38. The summed E-state index contributed by atoms with van der Waals surface area (Å²) in [5.41, 5.74) is -0.863. The molecule has 0 saturated heterocycles. The van der Waals surface area contributed by atoms with Crippen LogP contribution in [-0.2, 0) is 4.74 Å². The Labute approximate surface area is 115 Å². The third-order valence-corrected chi connectivity index (χ3v) is 2.07. The molecule has 0 N–H and O–H groups in total. The molecule has 1 aromatic rings. The van der Waals surface area contributed by atoms with E-state index in [0.717, 1.165) is 13.3 Å². The Hall–Kier alpha value is -2.59. The average Bonchev–Trinajstić information content (AvgIpc) is 2.35. The van der Waals surface area contributed by atoms with Crippen molar-refractivity contribution in [2.24, 2.45) is 0 Å². The molecule has 1 aromatic heterocycles. The molecule has 0 bridgehead atoms. The summed E-state index contributed by atoms with van der Waals surface area (Å²) in [6, 6.07) is 0. The normalized spacial score (nSPS) is 10.9. The average molecular weight is 310 g/mol. The lowest BCUT2D eigenvalue weighted by Gasteiger charge is -2.13. The highest BCUT2D eigenvalue weighted by molar-refractivity contribution is 5.96. The minimum absolute atomic E-state index is 0.163. The van der Waals surface area contributed by atoms with Crippen LogP contribution in [-0.4, -0.2) is 36.0 Å². The maximum absolute atomic E-state index is 12.4. The molecule has 0 atom stereocenters. The molecule has 0 unspecified atom stereocenters. The highest BCUT2D eigenvalue weighted by atomic mass is 19.4. The topological polar surface area (TPSA) is 101 Å². The molecule has 21 heavy (non-hydrogen) atoms. The number of ether oxygens (including phenoxy) is 3. The molecule has 0 spiro atoms. The number of carbonyl (C=O) groups is 1. The van der Waals surface area contributed by atoms with Gasteiger partial charge < -0.3 is 24.3 Å². The summed E-state index contributed by atoms with van der Waals surface area (Å²) in [5, 5.41) is 10.7. The SMILES string of the molecule is CCOC(=O)c1c(OC)cnc([N+](=O)[O-])c1OC(F)(F)F. The third-order valence-electron chi connectivity index (χ3n) is 2.07. The number of pyridine rings is 1. The van der Waals surface area contributed by atoms with Gasteiger partial charge in [-0.2, -0.15) is 0 Å². The van der Waals surface area contributed by atoms with Crippen LogP contribution in [0.1, 0.15) is 17.3 Å². The smallest absolute Gasteiger partial charge is 0.492 e. The Bertz CT molecular complexity index is 560. The van der Waals surface area contributed by atoms with E-state index in [4.69, 9.17) is 0 Å². The van der Waals surface area contributed by atoms with Gasteiger partial charge in [0.15, 0.2) is 17.5 Å². The molecule has 8 nitrogen and oxygen atoms in total.